The van der Waals surface area contributed by atoms with Crippen molar-refractivity contribution in [1.29, 1.82) is 0 Å². The lowest BCUT2D eigenvalue weighted by atomic mass is 10.2. The zero-order valence-corrected chi connectivity index (χ0v) is 10.2. The van der Waals surface area contributed by atoms with Gasteiger partial charge >= 0.3 is 12.1 Å². The normalized spacial score (nSPS) is 30.0. The van der Waals surface area contributed by atoms with Gasteiger partial charge in [0, 0.05) is 13.0 Å². The second-order valence-corrected chi connectivity index (χ2v) is 4.51. The molecule has 4 amide bonds. The Morgan fingerprint density at radius 1 is 1.47 bits per heavy atom. The topological polar surface area (TPSA) is 137 Å². The highest BCUT2D eigenvalue weighted by molar-refractivity contribution is 5.86. The van der Waals surface area contributed by atoms with Gasteiger partial charge in [0.1, 0.15) is 12.1 Å². The molecule has 9 nitrogen and oxygen atoms in total. The molecule has 2 fully saturated rings. The number of hydrogen-bond donors (Lipinski definition) is 3. The molecule has 0 aromatic rings. The molecular weight excluding hydrogens is 256 g/mol. The van der Waals surface area contributed by atoms with Crippen LogP contribution < -0.4 is 16.8 Å². The monoisotopic (exact) mass is 272 g/mol. The first-order chi connectivity index (χ1) is 8.97. The number of alkyl carbamates (subject to hydrolysis) is 1. The summed E-state index contributed by atoms with van der Waals surface area (Å²) in [5, 5.41) is 2.50. The van der Waals surface area contributed by atoms with Crippen LogP contribution in [-0.4, -0.2) is 60.9 Å². The minimum Gasteiger partial charge on any atom is -0.442 e. The molecule has 19 heavy (non-hydrogen) atoms. The van der Waals surface area contributed by atoms with Crippen LogP contribution in [0.3, 0.4) is 0 Å². The zero-order chi connectivity index (χ0) is 14.0. The number of ether oxygens (including phenoxy) is 2. The lowest BCUT2D eigenvalue weighted by Crippen LogP contribution is -2.46. The zero-order valence-electron chi connectivity index (χ0n) is 10.2. The fourth-order valence-corrected chi connectivity index (χ4v) is 2.20. The van der Waals surface area contributed by atoms with Gasteiger partial charge in [0.2, 0.25) is 5.91 Å². The highest BCUT2D eigenvalue weighted by Gasteiger charge is 2.38. The molecule has 2 saturated heterocycles. The summed E-state index contributed by atoms with van der Waals surface area (Å²) in [6.45, 7) is 0.781. The van der Waals surface area contributed by atoms with Crippen molar-refractivity contribution in [3.8, 4) is 0 Å². The van der Waals surface area contributed by atoms with Crippen molar-refractivity contribution in [1.82, 2.24) is 10.2 Å². The van der Waals surface area contributed by atoms with Gasteiger partial charge in [0.25, 0.3) is 0 Å². The second kappa shape index (κ2) is 5.31. The summed E-state index contributed by atoms with van der Waals surface area (Å²) < 4.78 is 10.4. The first-order valence-electron chi connectivity index (χ1n) is 5.89. The molecule has 0 radical (unpaired) electrons. The van der Waals surface area contributed by atoms with Crippen LogP contribution in [0.25, 0.3) is 0 Å². The predicted octanol–water partition coefficient (Wildman–Crippen LogP) is -1.88. The Morgan fingerprint density at radius 3 is 2.68 bits per heavy atom. The summed E-state index contributed by atoms with van der Waals surface area (Å²) in [7, 11) is 0. The second-order valence-electron chi connectivity index (χ2n) is 4.51. The predicted molar refractivity (Wildman–Crippen MR) is 61.9 cm³/mol. The number of amides is 4. The Labute approximate surface area is 109 Å². The maximum Gasteiger partial charge on any atom is 0.407 e. The van der Waals surface area contributed by atoms with Crippen LogP contribution in [0.15, 0.2) is 0 Å². The molecule has 3 unspecified atom stereocenters. The third-order valence-electron chi connectivity index (χ3n) is 3.14. The van der Waals surface area contributed by atoms with Gasteiger partial charge in [-0.2, -0.15) is 0 Å². The Morgan fingerprint density at radius 2 is 2.21 bits per heavy atom. The van der Waals surface area contributed by atoms with Gasteiger partial charge in [0.05, 0.1) is 19.3 Å². The molecule has 0 aliphatic carbocycles. The summed E-state index contributed by atoms with van der Waals surface area (Å²) in [6.07, 6.45) is -0.882. The SMILES string of the molecule is NC(=O)C1CC(OCC2CNC(=O)O2)CN1C(N)=O. The van der Waals surface area contributed by atoms with E-state index in [1.54, 1.807) is 0 Å². The summed E-state index contributed by atoms with van der Waals surface area (Å²) in [5.74, 6) is -0.612. The number of carbonyl (C=O) groups excluding carboxylic acids is 3. The molecule has 2 aliphatic heterocycles. The van der Waals surface area contributed by atoms with E-state index in [1.165, 1.54) is 4.90 Å². The van der Waals surface area contributed by atoms with Gasteiger partial charge in [-0.25, -0.2) is 9.59 Å². The number of primary amides is 2. The van der Waals surface area contributed by atoms with Crippen LogP contribution in [0.4, 0.5) is 9.59 Å². The van der Waals surface area contributed by atoms with E-state index in [2.05, 4.69) is 5.32 Å². The number of likely N-dealkylation sites (tertiary alicyclic amines) is 1. The van der Waals surface area contributed by atoms with Gasteiger partial charge in [-0.05, 0) is 0 Å². The number of urea groups is 1. The van der Waals surface area contributed by atoms with Crippen molar-refractivity contribution in [2.75, 3.05) is 19.7 Å². The average molecular weight is 272 g/mol. The van der Waals surface area contributed by atoms with Crippen molar-refractivity contribution >= 4 is 18.0 Å². The Kier molecular flexibility index (Phi) is 3.74. The molecule has 0 saturated carbocycles. The lowest BCUT2D eigenvalue weighted by molar-refractivity contribution is -0.121. The molecular formula is C10H16N4O5. The van der Waals surface area contributed by atoms with Crippen LogP contribution in [0, 0.1) is 0 Å². The van der Waals surface area contributed by atoms with Crippen LogP contribution >= 0.6 is 0 Å². The van der Waals surface area contributed by atoms with Gasteiger partial charge in [-0.15, -0.1) is 0 Å². The van der Waals surface area contributed by atoms with E-state index in [-0.39, 0.29) is 25.4 Å². The van der Waals surface area contributed by atoms with E-state index < -0.39 is 24.1 Å². The van der Waals surface area contributed by atoms with E-state index in [4.69, 9.17) is 20.9 Å². The quantitative estimate of drug-likeness (QED) is 0.550. The number of nitrogens with zero attached hydrogens (tertiary/aromatic N) is 1. The number of cyclic esters (lactones) is 1. The number of carbonyl (C=O) groups is 3. The standard InChI is InChI=1S/C10H16N4O5/c11-8(15)7-1-5(3-14(7)9(12)16)18-4-6-2-13-10(17)19-6/h5-7H,1-4H2,(H2,11,15)(H2,12,16)(H,13,17). The minimum atomic E-state index is -0.744. The molecule has 2 heterocycles. The molecule has 9 heteroatoms. The fourth-order valence-electron chi connectivity index (χ4n) is 2.20. The average Bonchev–Trinajstić information content (AvgIpc) is 2.92. The van der Waals surface area contributed by atoms with E-state index >= 15 is 0 Å². The Balaban J connectivity index is 1.84. The molecule has 106 valence electrons. The third kappa shape index (κ3) is 3.05. The number of nitrogens with one attached hydrogen (secondary N) is 1. The molecule has 0 spiro atoms. The van der Waals surface area contributed by atoms with E-state index in [0.29, 0.717) is 13.0 Å². The fraction of sp³-hybridized carbons (Fsp3) is 0.700. The molecule has 0 bridgehead atoms. The van der Waals surface area contributed by atoms with Crippen LogP contribution in [0.1, 0.15) is 6.42 Å². The minimum absolute atomic E-state index is 0.196. The van der Waals surface area contributed by atoms with Gasteiger partial charge in [-0.3, -0.25) is 4.79 Å². The molecule has 2 aliphatic rings. The lowest BCUT2D eigenvalue weighted by Gasteiger charge is -2.18. The Hall–Kier alpha value is -2.03. The largest absolute Gasteiger partial charge is 0.442 e. The third-order valence-corrected chi connectivity index (χ3v) is 3.14. The summed E-state index contributed by atoms with van der Waals surface area (Å²) in [5.41, 5.74) is 10.4. The summed E-state index contributed by atoms with van der Waals surface area (Å²) in [6, 6.07) is -1.45. The number of nitrogens with two attached hydrogens (primary N) is 2. The number of rotatable bonds is 4. The van der Waals surface area contributed by atoms with Gasteiger partial charge in [0.15, 0.2) is 0 Å². The summed E-state index contributed by atoms with van der Waals surface area (Å²) in [4.78, 5) is 34.4. The molecule has 0 aromatic carbocycles. The molecule has 0 aromatic heterocycles. The first kappa shape index (κ1) is 13.4. The number of hydrogen-bond acceptors (Lipinski definition) is 5. The van der Waals surface area contributed by atoms with Crippen molar-refractivity contribution in [3.05, 3.63) is 0 Å². The maximum atomic E-state index is 11.2. The van der Waals surface area contributed by atoms with Crippen molar-refractivity contribution in [2.45, 2.75) is 24.7 Å². The van der Waals surface area contributed by atoms with E-state index in [9.17, 15) is 14.4 Å². The van der Waals surface area contributed by atoms with Gasteiger partial charge in [-0.1, -0.05) is 0 Å². The van der Waals surface area contributed by atoms with Crippen molar-refractivity contribution in [3.63, 3.8) is 0 Å². The summed E-state index contributed by atoms with van der Waals surface area (Å²) >= 11 is 0. The van der Waals surface area contributed by atoms with Gasteiger partial charge < -0.3 is 31.2 Å². The van der Waals surface area contributed by atoms with Crippen LogP contribution in [0.2, 0.25) is 0 Å². The van der Waals surface area contributed by atoms with Crippen molar-refractivity contribution < 1.29 is 23.9 Å². The van der Waals surface area contributed by atoms with Crippen molar-refractivity contribution in [2.24, 2.45) is 11.5 Å². The Bertz CT molecular complexity index is 379. The maximum absolute atomic E-state index is 11.2. The molecule has 2 rings (SSSR count). The van der Waals surface area contributed by atoms with E-state index in [1.807, 2.05) is 0 Å². The van der Waals surface area contributed by atoms with Crippen LogP contribution in [0.5, 0.6) is 0 Å². The first-order valence-corrected chi connectivity index (χ1v) is 5.89. The van der Waals surface area contributed by atoms with E-state index in [0.717, 1.165) is 0 Å². The smallest absolute Gasteiger partial charge is 0.407 e. The highest BCUT2D eigenvalue weighted by Crippen LogP contribution is 2.20. The van der Waals surface area contributed by atoms with Crippen LogP contribution in [-0.2, 0) is 14.3 Å². The highest BCUT2D eigenvalue weighted by atomic mass is 16.6. The molecule has 3 atom stereocenters. The molecule has 5 N–H and O–H groups in total.